The number of halogens is 1. The molecule has 1 unspecified atom stereocenters. The summed E-state index contributed by atoms with van der Waals surface area (Å²) >= 11 is 5.79. The van der Waals surface area contributed by atoms with E-state index >= 15 is 0 Å². The van der Waals surface area contributed by atoms with Crippen LogP contribution in [-0.2, 0) is 6.54 Å². The Labute approximate surface area is 108 Å². The molecule has 1 aromatic heterocycles. The molecular weight excluding hydrogens is 234 g/mol. The van der Waals surface area contributed by atoms with Crippen LogP contribution in [0.15, 0.2) is 18.3 Å². The quantitative estimate of drug-likeness (QED) is 0.771. The third-order valence-corrected chi connectivity index (χ3v) is 3.75. The van der Waals surface area contributed by atoms with E-state index in [2.05, 4.69) is 34.8 Å². The number of hydrogen-bond donors (Lipinski definition) is 0. The minimum atomic E-state index is 0.568. The van der Waals surface area contributed by atoms with Crippen molar-refractivity contribution in [2.75, 3.05) is 26.7 Å². The number of rotatable bonds is 3. The molecule has 2 heterocycles. The summed E-state index contributed by atoms with van der Waals surface area (Å²) in [5, 5.41) is 0.568. The zero-order chi connectivity index (χ0) is 12.3. The number of piperazine rings is 1. The first kappa shape index (κ1) is 12.8. The second-order valence-electron chi connectivity index (χ2n) is 4.77. The van der Waals surface area contributed by atoms with Crippen LogP contribution in [0.5, 0.6) is 0 Å². The SMILES string of the molecule is CCC1CN(Cc2ccc(Cl)nc2)CCN1C. The summed E-state index contributed by atoms with van der Waals surface area (Å²) in [6, 6.07) is 4.61. The third kappa shape index (κ3) is 3.41. The van der Waals surface area contributed by atoms with Gasteiger partial charge in [-0.05, 0) is 25.1 Å². The molecule has 2 rings (SSSR count). The van der Waals surface area contributed by atoms with Gasteiger partial charge < -0.3 is 4.90 Å². The molecule has 1 aliphatic heterocycles. The Morgan fingerprint density at radius 3 is 2.88 bits per heavy atom. The van der Waals surface area contributed by atoms with Gasteiger partial charge in [-0.15, -0.1) is 0 Å². The van der Waals surface area contributed by atoms with Gasteiger partial charge in [0.15, 0.2) is 0 Å². The van der Waals surface area contributed by atoms with Crippen LogP contribution in [0.2, 0.25) is 5.15 Å². The average Bonchev–Trinajstić information content (AvgIpc) is 2.34. The van der Waals surface area contributed by atoms with Gasteiger partial charge in [-0.25, -0.2) is 4.98 Å². The molecule has 0 aromatic carbocycles. The van der Waals surface area contributed by atoms with E-state index in [9.17, 15) is 0 Å². The fourth-order valence-corrected chi connectivity index (χ4v) is 2.46. The van der Waals surface area contributed by atoms with E-state index in [1.165, 1.54) is 12.0 Å². The predicted octanol–water partition coefficient (Wildman–Crippen LogP) is 2.26. The molecule has 1 fully saturated rings. The first-order valence-corrected chi connectivity index (χ1v) is 6.60. The van der Waals surface area contributed by atoms with Crippen molar-refractivity contribution >= 4 is 11.6 Å². The summed E-state index contributed by atoms with van der Waals surface area (Å²) in [6.07, 6.45) is 3.09. The molecule has 1 aromatic rings. The largest absolute Gasteiger partial charge is 0.301 e. The predicted molar refractivity (Wildman–Crippen MR) is 71.2 cm³/mol. The molecule has 0 bridgehead atoms. The van der Waals surface area contributed by atoms with Gasteiger partial charge in [0.25, 0.3) is 0 Å². The lowest BCUT2D eigenvalue weighted by molar-refractivity contribution is 0.0883. The summed E-state index contributed by atoms with van der Waals surface area (Å²) < 4.78 is 0. The summed E-state index contributed by atoms with van der Waals surface area (Å²) in [7, 11) is 2.22. The Hall–Kier alpha value is -0.640. The molecule has 1 saturated heterocycles. The topological polar surface area (TPSA) is 19.4 Å². The van der Waals surface area contributed by atoms with Crippen LogP contribution in [0, 0.1) is 0 Å². The van der Waals surface area contributed by atoms with Gasteiger partial charge in [-0.1, -0.05) is 24.6 Å². The maximum Gasteiger partial charge on any atom is 0.129 e. The van der Waals surface area contributed by atoms with E-state index in [-0.39, 0.29) is 0 Å². The van der Waals surface area contributed by atoms with Gasteiger partial charge in [0.1, 0.15) is 5.15 Å². The lowest BCUT2D eigenvalue weighted by atomic mass is 10.1. The molecular formula is C13H20ClN3. The highest BCUT2D eigenvalue weighted by atomic mass is 35.5. The van der Waals surface area contributed by atoms with Crippen molar-refractivity contribution in [3.8, 4) is 0 Å². The van der Waals surface area contributed by atoms with Gasteiger partial charge >= 0.3 is 0 Å². The van der Waals surface area contributed by atoms with Crippen LogP contribution in [0.3, 0.4) is 0 Å². The number of nitrogens with zero attached hydrogens (tertiary/aromatic N) is 3. The van der Waals surface area contributed by atoms with Gasteiger partial charge in [0.2, 0.25) is 0 Å². The molecule has 3 nitrogen and oxygen atoms in total. The minimum absolute atomic E-state index is 0.568. The van der Waals surface area contributed by atoms with E-state index in [0.29, 0.717) is 11.2 Å². The van der Waals surface area contributed by atoms with Crippen LogP contribution < -0.4 is 0 Å². The van der Waals surface area contributed by atoms with Crippen molar-refractivity contribution in [3.63, 3.8) is 0 Å². The fourth-order valence-electron chi connectivity index (χ4n) is 2.35. The second-order valence-corrected chi connectivity index (χ2v) is 5.15. The highest BCUT2D eigenvalue weighted by Gasteiger charge is 2.22. The average molecular weight is 254 g/mol. The van der Waals surface area contributed by atoms with Gasteiger partial charge in [0, 0.05) is 38.4 Å². The normalized spacial score (nSPS) is 22.9. The Morgan fingerprint density at radius 2 is 2.24 bits per heavy atom. The monoisotopic (exact) mass is 253 g/mol. The Balaban J connectivity index is 1.93. The van der Waals surface area contributed by atoms with E-state index in [1.807, 2.05) is 12.3 Å². The first-order valence-electron chi connectivity index (χ1n) is 6.22. The highest BCUT2D eigenvalue weighted by Crippen LogP contribution is 2.14. The maximum atomic E-state index is 5.79. The summed E-state index contributed by atoms with van der Waals surface area (Å²) in [4.78, 5) is 9.08. The van der Waals surface area contributed by atoms with Crippen LogP contribution >= 0.6 is 11.6 Å². The Kier molecular flexibility index (Phi) is 4.37. The molecule has 0 N–H and O–H groups in total. The van der Waals surface area contributed by atoms with E-state index in [1.54, 1.807) is 0 Å². The molecule has 1 atom stereocenters. The molecule has 0 aliphatic carbocycles. The van der Waals surface area contributed by atoms with Crippen LogP contribution in [0.4, 0.5) is 0 Å². The number of aromatic nitrogens is 1. The second kappa shape index (κ2) is 5.80. The summed E-state index contributed by atoms with van der Waals surface area (Å²) in [6.45, 7) is 6.67. The summed E-state index contributed by atoms with van der Waals surface area (Å²) in [5.41, 5.74) is 1.24. The van der Waals surface area contributed by atoms with Crippen LogP contribution in [-0.4, -0.2) is 47.5 Å². The molecule has 0 saturated carbocycles. The Bertz CT molecular complexity index is 352. The molecule has 94 valence electrons. The van der Waals surface area contributed by atoms with Crippen LogP contribution in [0.25, 0.3) is 0 Å². The fraction of sp³-hybridized carbons (Fsp3) is 0.615. The van der Waals surface area contributed by atoms with Crippen molar-refractivity contribution in [3.05, 3.63) is 29.0 Å². The number of hydrogen-bond acceptors (Lipinski definition) is 3. The zero-order valence-corrected chi connectivity index (χ0v) is 11.3. The van der Waals surface area contributed by atoms with E-state index < -0.39 is 0 Å². The first-order chi connectivity index (χ1) is 8.19. The lowest BCUT2D eigenvalue weighted by Crippen LogP contribution is -2.50. The van der Waals surface area contributed by atoms with E-state index in [0.717, 1.165) is 26.2 Å². The highest BCUT2D eigenvalue weighted by molar-refractivity contribution is 6.29. The number of likely N-dealkylation sites (N-methyl/N-ethyl adjacent to an activating group) is 1. The molecule has 0 spiro atoms. The van der Waals surface area contributed by atoms with Crippen LogP contribution in [0.1, 0.15) is 18.9 Å². The summed E-state index contributed by atoms with van der Waals surface area (Å²) in [5.74, 6) is 0. The third-order valence-electron chi connectivity index (χ3n) is 3.53. The number of pyridine rings is 1. The standard InChI is InChI=1S/C13H20ClN3/c1-3-12-10-17(7-6-16(12)2)9-11-4-5-13(14)15-8-11/h4-5,8,12H,3,6-7,9-10H2,1-2H3. The lowest BCUT2D eigenvalue weighted by Gasteiger charge is -2.39. The van der Waals surface area contributed by atoms with Gasteiger partial charge in [-0.3, -0.25) is 4.90 Å². The van der Waals surface area contributed by atoms with Crippen molar-refractivity contribution in [1.82, 2.24) is 14.8 Å². The Morgan fingerprint density at radius 1 is 1.41 bits per heavy atom. The van der Waals surface area contributed by atoms with Crippen molar-refractivity contribution in [2.24, 2.45) is 0 Å². The zero-order valence-electron chi connectivity index (χ0n) is 10.6. The molecule has 0 amide bonds. The van der Waals surface area contributed by atoms with Crippen molar-refractivity contribution in [2.45, 2.75) is 25.9 Å². The van der Waals surface area contributed by atoms with Gasteiger partial charge in [-0.2, -0.15) is 0 Å². The molecule has 4 heteroatoms. The molecule has 17 heavy (non-hydrogen) atoms. The maximum absolute atomic E-state index is 5.79. The van der Waals surface area contributed by atoms with E-state index in [4.69, 9.17) is 11.6 Å². The molecule has 1 aliphatic rings. The smallest absolute Gasteiger partial charge is 0.129 e. The van der Waals surface area contributed by atoms with Crippen molar-refractivity contribution in [1.29, 1.82) is 0 Å². The molecule has 0 radical (unpaired) electrons. The van der Waals surface area contributed by atoms with Crippen molar-refractivity contribution < 1.29 is 0 Å². The minimum Gasteiger partial charge on any atom is -0.301 e. The van der Waals surface area contributed by atoms with Gasteiger partial charge in [0.05, 0.1) is 0 Å².